The van der Waals surface area contributed by atoms with Crippen LogP contribution in [0.15, 0.2) is 53.4 Å². The van der Waals surface area contributed by atoms with Crippen molar-refractivity contribution in [1.29, 1.82) is 5.26 Å². The third-order valence-corrected chi connectivity index (χ3v) is 5.14. The molecule has 2 aromatic rings. The normalized spacial score (nSPS) is 19.6. The van der Waals surface area contributed by atoms with E-state index in [2.05, 4.69) is 6.07 Å². The molecule has 0 aliphatic carbocycles. The van der Waals surface area contributed by atoms with Crippen LogP contribution in [-0.4, -0.2) is 8.42 Å². The van der Waals surface area contributed by atoms with E-state index in [-0.39, 0.29) is 10.6 Å². The molecular weight excluding hydrogens is 258 g/mol. The first kappa shape index (κ1) is 11.9. The molecule has 1 unspecified atom stereocenters. The first-order valence-electron chi connectivity index (χ1n) is 5.92. The van der Waals surface area contributed by atoms with Crippen LogP contribution in [0.2, 0.25) is 0 Å². The predicted molar refractivity (Wildman–Crippen MR) is 71.2 cm³/mol. The molecule has 1 aliphatic heterocycles. The fraction of sp³-hybridized carbons (Fsp3) is 0.133. The summed E-state index contributed by atoms with van der Waals surface area (Å²) in [7, 11) is -3.39. The molecule has 1 heterocycles. The Labute approximate surface area is 112 Å². The van der Waals surface area contributed by atoms with Crippen LogP contribution in [0.5, 0.6) is 0 Å². The van der Waals surface area contributed by atoms with Crippen LogP contribution >= 0.6 is 0 Å². The zero-order chi connectivity index (χ0) is 13.5. The van der Waals surface area contributed by atoms with Gasteiger partial charge in [0.15, 0.2) is 9.84 Å². The van der Waals surface area contributed by atoms with Crippen molar-refractivity contribution in [1.82, 2.24) is 0 Å². The zero-order valence-electron chi connectivity index (χ0n) is 10.1. The van der Waals surface area contributed by atoms with Gasteiger partial charge in [-0.2, -0.15) is 5.26 Å². The lowest BCUT2D eigenvalue weighted by atomic mass is 9.90. The molecule has 1 aliphatic rings. The molecule has 0 N–H and O–H groups in total. The van der Waals surface area contributed by atoms with Gasteiger partial charge in [0, 0.05) is 0 Å². The van der Waals surface area contributed by atoms with Crippen LogP contribution in [0.1, 0.15) is 22.6 Å². The van der Waals surface area contributed by atoms with Crippen LogP contribution in [0.25, 0.3) is 0 Å². The Morgan fingerprint density at radius 1 is 1.00 bits per heavy atom. The van der Waals surface area contributed by atoms with Gasteiger partial charge in [0.05, 0.1) is 22.6 Å². The van der Waals surface area contributed by atoms with Crippen molar-refractivity contribution in [2.75, 3.05) is 0 Å². The summed E-state index contributed by atoms with van der Waals surface area (Å²) in [5, 5.41) is 9.43. The highest BCUT2D eigenvalue weighted by Crippen LogP contribution is 2.36. The van der Waals surface area contributed by atoms with Gasteiger partial charge < -0.3 is 0 Å². The quantitative estimate of drug-likeness (QED) is 0.738. The summed E-state index contributed by atoms with van der Waals surface area (Å²) >= 11 is 0. The lowest BCUT2D eigenvalue weighted by Crippen LogP contribution is -2.05. The highest BCUT2D eigenvalue weighted by molar-refractivity contribution is 7.90. The topological polar surface area (TPSA) is 57.9 Å². The van der Waals surface area contributed by atoms with Crippen molar-refractivity contribution >= 4 is 9.84 Å². The van der Waals surface area contributed by atoms with Crippen molar-refractivity contribution < 1.29 is 8.42 Å². The number of nitriles is 1. The van der Waals surface area contributed by atoms with Gasteiger partial charge in [-0.1, -0.05) is 42.5 Å². The number of benzene rings is 2. The summed E-state index contributed by atoms with van der Waals surface area (Å²) in [6.07, 6.45) is 0. The zero-order valence-corrected chi connectivity index (χ0v) is 10.9. The SMILES string of the molecule is N#CC1c2ccccc2CS(=O)(=O)c2ccccc21. The summed E-state index contributed by atoms with van der Waals surface area (Å²) in [5.41, 5.74) is 2.08. The molecule has 0 saturated heterocycles. The molecule has 0 bridgehead atoms. The Morgan fingerprint density at radius 3 is 2.37 bits per heavy atom. The summed E-state index contributed by atoms with van der Waals surface area (Å²) < 4.78 is 24.8. The minimum atomic E-state index is -3.39. The Hall–Kier alpha value is -2.12. The smallest absolute Gasteiger partial charge is 0.182 e. The monoisotopic (exact) mass is 269 g/mol. The Morgan fingerprint density at radius 2 is 1.63 bits per heavy atom. The van der Waals surface area contributed by atoms with Gasteiger partial charge >= 0.3 is 0 Å². The third-order valence-electron chi connectivity index (χ3n) is 3.41. The molecule has 0 fully saturated rings. The second kappa shape index (κ2) is 4.22. The first-order chi connectivity index (χ1) is 9.13. The fourth-order valence-corrected chi connectivity index (χ4v) is 4.20. The number of nitrogens with zero attached hydrogens (tertiary/aromatic N) is 1. The minimum Gasteiger partial charge on any atom is -0.223 e. The number of rotatable bonds is 0. The molecule has 0 saturated carbocycles. The Balaban J connectivity index is 2.40. The average Bonchev–Trinajstić information content (AvgIpc) is 2.50. The number of hydrogen-bond donors (Lipinski definition) is 0. The van der Waals surface area contributed by atoms with Crippen LogP contribution in [-0.2, 0) is 15.6 Å². The van der Waals surface area contributed by atoms with E-state index >= 15 is 0 Å². The molecule has 3 rings (SSSR count). The summed E-state index contributed by atoms with van der Waals surface area (Å²) in [4.78, 5) is 0.276. The van der Waals surface area contributed by atoms with E-state index in [0.717, 1.165) is 5.56 Å². The van der Waals surface area contributed by atoms with Crippen molar-refractivity contribution in [3.8, 4) is 6.07 Å². The van der Waals surface area contributed by atoms with E-state index in [0.29, 0.717) is 11.1 Å². The van der Waals surface area contributed by atoms with Crippen LogP contribution in [0.3, 0.4) is 0 Å². The lowest BCUT2D eigenvalue weighted by Gasteiger charge is -2.11. The van der Waals surface area contributed by atoms with E-state index < -0.39 is 15.8 Å². The lowest BCUT2D eigenvalue weighted by molar-refractivity contribution is 0.595. The molecule has 1 atom stereocenters. The van der Waals surface area contributed by atoms with E-state index in [9.17, 15) is 13.7 Å². The van der Waals surface area contributed by atoms with E-state index in [4.69, 9.17) is 0 Å². The van der Waals surface area contributed by atoms with Crippen molar-refractivity contribution in [3.05, 3.63) is 65.2 Å². The van der Waals surface area contributed by atoms with Crippen molar-refractivity contribution in [2.24, 2.45) is 0 Å². The number of sulfone groups is 1. The Kier molecular flexibility index (Phi) is 2.65. The van der Waals surface area contributed by atoms with Gasteiger partial charge in [0.25, 0.3) is 0 Å². The average molecular weight is 269 g/mol. The maximum Gasteiger partial charge on any atom is 0.182 e. The van der Waals surface area contributed by atoms with Crippen molar-refractivity contribution in [2.45, 2.75) is 16.6 Å². The third kappa shape index (κ3) is 1.83. The van der Waals surface area contributed by atoms with E-state index in [1.807, 2.05) is 12.1 Å². The molecule has 19 heavy (non-hydrogen) atoms. The van der Waals surface area contributed by atoms with Crippen LogP contribution in [0.4, 0.5) is 0 Å². The van der Waals surface area contributed by atoms with Gasteiger partial charge in [-0.25, -0.2) is 8.42 Å². The van der Waals surface area contributed by atoms with Gasteiger partial charge in [-0.3, -0.25) is 0 Å². The first-order valence-corrected chi connectivity index (χ1v) is 7.58. The van der Waals surface area contributed by atoms with Crippen LogP contribution < -0.4 is 0 Å². The largest absolute Gasteiger partial charge is 0.223 e. The van der Waals surface area contributed by atoms with Crippen LogP contribution in [0, 0.1) is 11.3 Å². The second-order valence-electron chi connectivity index (χ2n) is 4.56. The molecule has 0 radical (unpaired) electrons. The highest BCUT2D eigenvalue weighted by Gasteiger charge is 2.30. The molecule has 0 amide bonds. The summed E-state index contributed by atoms with van der Waals surface area (Å²) in [5.74, 6) is -0.567. The molecule has 4 heteroatoms. The van der Waals surface area contributed by atoms with Gasteiger partial charge in [-0.05, 0) is 22.8 Å². The molecular formula is C15H11NO2S. The van der Waals surface area contributed by atoms with E-state index in [1.54, 1.807) is 36.4 Å². The van der Waals surface area contributed by atoms with Gasteiger partial charge in [0.1, 0.15) is 0 Å². The molecule has 94 valence electrons. The highest BCUT2D eigenvalue weighted by atomic mass is 32.2. The minimum absolute atomic E-state index is 0.0433. The molecule has 3 nitrogen and oxygen atoms in total. The summed E-state index contributed by atoms with van der Waals surface area (Å²) in [6.45, 7) is 0. The summed E-state index contributed by atoms with van der Waals surface area (Å²) in [6, 6.07) is 16.3. The molecule has 2 aromatic carbocycles. The van der Waals surface area contributed by atoms with Gasteiger partial charge in [0.2, 0.25) is 0 Å². The standard InChI is InChI=1S/C15H11NO2S/c16-9-14-12-6-2-1-5-11(12)10-19(17,18)15-8-4-3-7-13(14)15/h1-8,14H,10H2. The fourth-order valence-electron chi connectivity index (χ4n) is 2.54. The van der Waals surface area contributed by atoms with E-state index in [1.165, 1.54) is 0 Å². The predicted octanol–water partition coefficient (Wildman–Crippen LogP) is 2.63. The number of fused-ring (bicyclic) bond motifs is 2. The van der Waals surface area contributed by atoms with Crippen molar-refractivity contribution in [3.63, 3.8) is 0 Å². The Bertz CT molecular complexity index is 788. The maximum absolute atomic E-state index is 12.4. The van der Waals surface area contributed by atoms with Gasteiger partial charge in [-0.15, -0.1) is 0 Å². The molecule has 0 spiro atoms. The second-order valence-corrected chi connectivity index (χ2v) is 6.52. The maximum atomic E-state index is 12.4. The number of hydrogen-bond acceptors (Lipinski definition) is 3. The molecule has 0 aromatic heterocycles.